The average molecular weight is 386 g/mol. The van der Waals surface area contributed by atoms with Crippen LogP contribution in [0.15, 0.2) is 17.9 Å². The van der Waals surface area contributed by atoms with E-state index in [0.29, 0.717) is 30.6 Å². The molecule has 0 aromatic heterocycles. The van der Waals surface area contributed by atoms with Crippen molar-refractivity contribution in [3.63, 3.8) is 0 Å². The topological polar surface area (TPSA) is 72.8 Å². The van der Waals surface area contributed by atoms with Crippen LogP contribution in [0.2, 0.25) is 0 Å². The molecule has 2 unspecified atom stereocenters. The highest BCUT2D eigenvalue weighted by atomic mass is 16.6. The van der Waals surface area contributed by atoms with Crippen molar-refractivity contribution in [2.75, 3.05) is 13.7 Å². The predicted octanol–water partition coefficient (Wildman–Crippen LogP) is 3.38. The van der Waals surface area contributed by atoms with Crippen LogP contribution in [0.25, 0.3) is 5.57 Å². The quantitative estimate of drug-likeness (QED) is 0.759. The SMILES string of the molecule is CCc1cc(C)cc(CC)c1C1=C(OC(=O)COC)[C@H]2CCC(O)CC2C1=O. The molecule has 2 aliphatic rings. The molecule has 1 saturated carbocycles. The van der Waals surface area contributed by atoms with Crippen molar-refractivity contribution in [1.82, 2.24) is 0 Å². The number of allylic oxidation sites excluding steroid dienone is 2. The Morgan fingerprint density at radius 1 is 1.14 bits per heavy atom. The molecule has 0 aliphatic heterocycles. The van der Waals surface area contributed by atoms with Crippen LogP contribution in [0.5, 0.6) is 0 Å². The molecule has 1 N–H and O–H groups in total. The van der Waals surface area contributed by atoms with Crippen LogP contribution in [-0.2, 0) is 31.9 Å². The third kappa shape index (κ3) is 3.78. The lowest BCUT2D eigenvalue weighted by Gasteiger charge is -2.28. The Kier molecular flexibility index (Phi) is 6.36. The maximum absolute atomic E-state index is 13.5. The number of hydrogen-bond acceptors (Lipinski definition) is 5. The number of aliphatic hydroxyl groups excluding tert-OH is 1. The number of aryl methyl sites for hydroxylation is 3. The van der Waals surface area contributed by atoms with Crippen LogP contribution >= 0.6 is 0 Å². The Morgan fingerprint density at radius 3 is 2.36 bits per heavy atom. The van der Waals surface area contributed by atoms with E-state index in [1.165, 1.54) is 7.11 Å². The summed E-state index contributed by atoms with van der Waals surface area (Å²) in [7, 11) is 1.44. The van der Waals surface area contributed by atoms with Crippen LogP contribution in [-0.4, -0.2) is 36.7 Å². The molecule has 152 valence electrons. The largest absolute Gasteiger partial charge is 0.428 e. The first-order chi connectivity index (χ1) is 13.4. The second-order valence-electron chi connectivity index (χ2n) is 7.86. The van der Waals surface area contributed by atoms with E-state index < -0.39 is 12.1 Å². The second-order valence-corrected chi connectivity index (χ2v) is 7.86. The molecule has 0 saturated heterocycles. The van der Waals surface area contributed by atoms with Gasteiger partial charge in [0.05, 0.1) is 11.7 Å². The van der Waals surface area contributed by atoms with E-state index in [9.17, 15) is 14.7 Å². The first kappa shape index (κ1) is 20.7. The molecule has 3 rings (SSSR count). The average Bonchev–Trinajstić information content (AvgIpc) is 2.92. The van der Waals surface area contributed by atoms with E-state index in [1.54, 1.807) is 0 Å². The second kappa shape index (κ2) is 8.58. The summed E-state index contributed by atoms with van der Waals surface area (Å²) in [5.74, 6) is -0.477. The third-order valence-corrected chi connectivity index (χ3v) is 5.93. The summed E-state index contributed by atoms with van der Waals surface area (Å²) in [6, 6.07) is 4.22. The van der Waals surface area contributed by atoms with E-state index in [0.717, 1.165) is 35.1 Å². The van der Waals surface area contributed by atoms with Crippen molar-refractivity contribution in [3.05, 3.63) is 40.1 Å². The fourth-order valence-corrected chi connectivity index (χ4v) is 4.71. The van der Waals surface area contributed by atoms with Crippen LogP contribution in [0.1, 0.15) is 55.4 Å². The monoisotopic (exact) mass is 386 g/mol. The van der Waals surface area contributed by atoms with Gasteiger partial charge in [0.1, 0.15) is 12.4 Å². The first-order valence-electron chi connectivity index (χ1n) is 10.2. The summed E-state index contributed by atoms with van der Waals surface area (Å²) >= 11 is 0. The molecule has 3 atom stereocenters. The highest BCUT2D eigenvalue weighted by Crippen LogP contribution is 2.48. The minimum Gasteiger partial charge on any atom is -0.428 e. The highest BCUT2D eigenvalue weighted by Gasteiger charge is 2.48. The van der Waals surface area contributed by atoms with Crippen molar-refractivity contribution in [2.45, 2.75) is 59.0 Å². The van der Waals surface area contributed by atoms with Crippen LogP contribution in [0, 0.1) is 18.8 Å². The Labute approximate surface area is 166 Å². The van der Waals surface area contributed by atoms with Gasteiger partial charge in [-0.1, -0.05) is 31.5 Å². The van der Waals surface area contributed by atoms with Gasteiger partial charge in [0, 0.05) is 18.9 Å². The zero-order valence-electron chi connectivity index (χ0n) is 17.2. The number of Topliss-reactive ketones (excluding diaryl/α,β-unsaturated/α-hetero) is 1. The molecule has 5 heteroatoms. The molecule has 0 radical (unpaired) electrons. The number of ether oxygens (including phenoxy) is 2. The number of ketones is 1. The predicted molar refractivity (Wildman–Crippen MR) is 107 cm³/mol. The number of carbonyl (C=O) groups excluding carboxylic acids is 2. The number of aliphatic hydroxyl groups is 1. The fraction of sp³-hybridized carbons (Fsp3) is 0.565. The van der Waals surface area contributed by atoms with E-state index in [4.69, 9.17) is 9.47 Å². The van der Waals surface area contributed by atoms with Crippen molar-refractivity contribution >= 4 is 17.3 Å². The molecule has 1 aromatic carbocycles. The van der Waals surface area contributed by atoms with Gasteiger partial charge < -0.3 is 14.6 Å². The maximum atomic E-state index is 13.5. The molecule has 0 bridgehead atoms. The lowest BCUT2D eigenvalue weighted by Crippen LogP contribution is -2.30. The van der Waals surface area contributed by atoms with Gasteiger partial charge in [-0.3, -0.25) is 4.79 Å². The number of fused-ring (bicyclic) bond motifs is 1. The van der Waals surface area contributed by atoms with Crippen molar-refractivity contribution in [3.8, 4) is 0 Å². The molecule has 2 aliphatic carbocycles. The lowest BCUT2D eigenvalue weighted by molar-refractivity contribution is -0.145. The van der Waals surface area contributed by atoms with Gasteiger partial charge in [0.2, 0.25) is 0 Å². The fourth-order valence-electron chi connectivity index (χ4n) is 4.71. The standard InChI is InChI=1S/C23H30O5/c1-5-14-9-13(3)10-15(6-2)20(14)21-22(26)18-11-16(24)7-8-17(18)23(21)28-19(25)12-27-4/h9-10,16-18,24H,5-8,11-12H2,1-4H3/t16?,17-,18?/m0/s1. The van der Waals surface area contributed by atoms with Gasteiger partial charge in [0.25, 0.3) is 0 Å². The summed E-state index contributed by atoms with van der Waals surface area (Å²) in [5.41, 5.74) is 4.82. The summed E-state index contributed by atoms with van der Waals surface area (Å²) in [4.78, 5) is 25.7. The summed E-state index contributed by atoms with van der Waals surface area (Å²) in [5, 5.41) is 10.1. The van der Waals surface area contributed by atoms with Crippen molar-refractivity contribution in [1.29, 1.82) is 0 Å². The summed E-state index contributed by atoms with van der Waals surface area (Å²) in [6.07, 6.45) is 2.78. The van der Waals surface area contributed by atoms with Gasteiger partial charge in [-0.05, 0) is 55.7 Å². The van der Waals surface area contributed by atoms with Crippen molar-refractivity contribution in [2.24, 2.45) is 11.8 Å². The van der Waals surface area contributed by atoms with Crippen LogP contribution in [0.3, 0.4) is 0 Å². The van der Waals surface area contributed by atoms with E-state index in [-0.39, 0.29) is 24.2 Å². The number of benzene rings is 1. The van der Waals surface area contributed by atoms with E-state index in [1.807, 2.05) is 0 Å². The van der Waals surface area contributed by atoms with Crippen LogP contribution < -0.4 is 0 Å². The molecule has 1 fully saturated rings. The molecule has 28 heavy (non-hydrogen) atoms. The number of rotatable bonds is 6. The zero-order valence-corrected chi connectivity index (χ0v) is 17.2. The number of esters is 1. The minimum atomic E-state index is -0.488. The number of methoxy groups -OCH3 is 1. The molecule has 1 aromatic rings. The summed E-state index contributed by atoms with van der Waals surface area (Å²) < 4.78 is 10.7. The minimum absolute atomic E-state index is 0.00257. The maximum Gasteiger partial charge on any atom is 0.337 e. The Balaban J connectivity index is 2.18. The van der Waals surface area contributed by atoms with E-state index in [2.05, 4.69) is 32.9 Å². The third-order valence-electron chi connectivity index (χ3n) is 5.93. The van der Waals surface area contributed by atoms with E-state index >= 15 is 0 Å². The van der Waals surface area contributed by atoms with Gasteiger partial charge in [-0.25, -0.2) is 4.79 Å². The molecule has 0 spiro atoms. The molecular formula is C23H30O5. The van der Waals surface area contributed by atoms with Gasteiger partial charge in [0.15, 0.2) is 5.78 Å². The molecular weight excluding hydrogens is 356 g/mol. The first-order valence-corrected chi connectivity index (χ1v) is 10.2. The Hall–Kier alpha value is -1.98. The van der Waals surface area contributed by atoms with Gasteiger partial charge >= 0.3 is 5.97 Å². The Morgan fingerprint density at radius 2 is 1.79 bits per heavy atom. The Bertz CT molecular complexity index is 782. The lowest BCUT2D eigenvalue weighted by atomic mass is 9.78. The summed E-state index contributed by atoms with van der Waals surface area (Å²) in [6.45, 7) is 6.05. The molecule has 5 nitrogen and oxygen atoms in total. The molecule has 0 amide bonds. The van der Waals surface area contributed by atoms with Crippen molar-refractivity contribution < 1.29 is 24.2 Å². The smallest absolute Gasteiger partial charge is 0.337 e. The zero-order chi connectivity index (χ0) is 20.4. The van der Waals surface area contributed by atoms with Gasteiger partial charge in [-0.15, -0.1) is 0 Å². The molecule has 0 heterocycles. The number of hydrogen-bond donors (Lipinski definition) is 1. The normalized spacial score (nSPS) is 24.5. The highest BCUT2D eigenvalue weighted by molar-refractivity contribution is 6.25. The number of carbonyl (C=O) groups is 2. The van der Waals surface area contributed by atoms with Crippen LogP contribution in [0.4, 0.5) is 0 Å². The van der Waals surface area contributed by atoms with Gasteiger partial charge in [-0.2, -0.15) is 0 Å².